The Balaban J connectivity index is 1.42. The molecule has 1 saturated carbocycles. The molecule has 30 heavy (non-hydrogen) atoms. The third kappa shape index (κ3) is 6.66. The van der Waals surface area contributed by atoms with Crippen molar-refractivity contribution in [2.75, 3.05) is 25.4 Å². The lowest BCUT2D eigenvalue weighted by Crippen LogP contribution is -2.30. The van der Waals surface area contributed by atoms with E-state index in [1.165, 1.54) is 11.0 Å². The number of nitrogens with one attached hydrogen (secondary N) is 2. The second-order valence-corrected chi connectivity index (χ2v) is 9.81. The Hall–Kier alpha value is -2.20. The van der Waals surface area contributed by atoms with Gasteiger partial charge in [-0.25, -0.2) is 22.3 Å². The molecule has 0 bridgehead atoms. The highest BCUT2D eigenvalue weighted by molar-refractivity contribution is 7.89. The van der Waals surface area contributed by atoms with Gasteiger partial charge >= 0.3 is 6.03 Å². The van der Waals surface area contributed by atoms with Crippen molar-refractivity contribution in [3.8, 4) is 5.75 Å². The van der Waals surface area contributed by atoms with Crippen molar-refractivity contribution < 1.29 is 27.1 Å². The molecule has 1 aromatic carbocycles. The molecule has 2 N–H and O–H groups in total. The molecule has 0 radical (unpaired) electrons. The van der Waals surface area contributed by atoms with Crippen LogP contribution in [0.3, 0.4) is 0 Å². The Kier molecular flexibility index (Phi) is 7.30. The maximum Gasteiger partial charge on any atom is 0.324 e. The monoisotopic (exact) mass is 441 g/mol. The van der Waals surface area contributed by atoms with E-state index in [-0.39, 0.29) is 24.0 Å². The molecule has 2 fully saturated rings. The Morgan fingerprint density at radius 1 is 1.27 bits per heavy atom. The van der Waals surface area contributed by atoms with Crippen molar-refractivity contribution in [2.45, 2.75) is 45.1 Å². The number of sulfonamides is 1. The number of hydrogen-bond acceptors (Lipinski definition) is 5. The standard InChI is InChI=1S/C20H28FN3O5S/c1-14(16-7-8-17(21)18(11-16)29-13-15-5-6-15)23-30(27,28)10-4-2-3-9-24-12-19(25)22-20(24)26/h7-8,11,14-15,23H,2-6,9-10,12-13H2,1H3,(H,22,25,26). The molecule has 10 heteroatoms. The SMILES string of the molecule is CC(NS(=O)(=O)CCCCCN1CC(=O)NC1=O)c1ccc(F)c(OCC2CC2)c1. The maximum atomic E-state index is 13.9. The quantitative estimate of drug-likeness (QED) is 0.383. The summed E-state index contributed by atoms with van der Waals surface area (Å²) < 4.78 is 46.8. The summed E-state index contributed by atoms with van der Waals surface area (Å²) in [6.45, 7) is 2.66. The minimum atomic E-state index is -3.52. The molecule has 1 atom stereocenters. The van der Waals surface area contributed by atoms with Crippen LogP contribution in [0, 0.1) is 11.7 Å². The van der Waals surface area contributed by atoms with Crippen molar-refractivity contribution >= 4 is 22.0 Å². The van der Waals surface area contributed by atoms with E-state index in [4.69, 9.17) is 4.74 Å². The fourth-order valence-electron chi connectivity index (χ4n) is 3.22. The molecular formula is C20H28FN3O5S. The van der Waals surface area contributed by atoms with Crippen molar-refractivity contribution in [1.82, 2.24) is 14.9 Å². The minimum absolute atomic E-state index is 0.0469. The summed E-state index contributed by atoms with van der Waals surface area (Å²) in [6, 6.07) is 3.48. The summed E-state index contributed by atoms with van der Waals surface area (Å²) >= 11 is 0. The fraction of sp³-hybridized carbons (Fsp3) is 0.600. The predicted molar refractivity (Wildman–Crippen MR) is 109 cm³/mol. The molecule has 1 aliphatic carbocycles. The molecule has 1 unspecified atom stereocenters. The van der Waals surface area contributed by atoms with E-state index < -0.39 is 27.9 Å². The number of benzene rings is 1. The van der Waals surface area contributed by atoms with E-state index >= 15 is 0 Å². The highest BCUT2D eigenvalue weighted by atomic mass is 32.2. The van der Waals surface area contributed by atoms with Gasteiger partial charge in [-0.15, -0.1) is 0 Å². The first-order valence-electron chi connectivity index (χ1n) is 10.2. The Morgan fingerprint density at radius 3 is 2.70 bits per heavy atom. The lowest BCUT2D eigenvalue weighted by Gasteiger charge is -2.16. The number of carbonyl (C=O) groups is 2. The van der Waals surface area contributed by atoms with E-state index in [2.05, 4.69) is 10.0 Å². The summed E-state index contributed by atoms with van der Waals surface area (Å²) in [4.78, 5) is 24.0. The number of halogens is 1. The van der Waals surface area contributed by atoms with Crippen molar-refractivity contribution in [1.29, 1.82) is 0 Å². The molecule has 1 saturated heterocycles. The molecule has 3 rings (SSSR count). The van der Waals surface area contributed by atoms with E-state index in [1.54, 1.807) is 19.1 Å². The van der Waals surface area contributed by atoms with Gasteiger partial charge in [-0.2, -0.15) is 0 Å². The maximum absolute atomic E-state index is 13.9. The first-order valence-corrected chi connectivity index (χ1v) is 11.9. The second kappa shape index (κ2) is 9.74. The van der Waals surface area contributed by atoms with Crippen LogP contribution in [-0.4, -0.2) is 50.7 Å². The molecular weight excluding hydrogens is 413 g/mol. The highest BCUT2D eigenvalue weighted by Gasteiger charge is 2.26. The molecule has 2 aliphatic rings. The minimum Gasteiger partial charge on any atom is -0.490 e. The van der Waals surface area contributed by atoms with Gasteiger partial charge in [0.15, 0.2) is 11.6 Å². The first-order chi connectivity index (χ1) is 14.2. The largest absolute Gasteiger partial charge is 0.490 e. The Morgan fingerprint density at radius 2 is 2.03 bits per heavy atom. The highest BCUT2D eigenvalue weighted by Crippen LogP contribution is 2.31. The fourth-order valence-corrected chi connectivity index (χ4v) is 4.60. The number of urea groups is 1. The Labute approximate surface area is 176 Å². The van der Waals surface area contributed by atoms with Crippen LogP contribution in [0.25, 0.3) is 0 Å². The predicted octanol–water partition coefficient (Wildman–Crippen LogP) is 2.32. The van der Waals surface area contributed by atoms with Crippen molar-refractivity contribution in [2.24, 2.45) is 5.92 Å². The molecule has 0 spiro atoms. The van der Waals surface area contributed by atoms with Crippen LogP contribution in [0.15, 0.2) is 18.2 Å². The van der Waals surface area contributed by atoms with Gasteiger partial charge in [0.2, 0.25) is 15.9 Å². The van der Waals surface area contributed by atoms with E-state index in [1.807, 2.05) is 0 Å². The van der Waals surface area contributed by atoms with Crippen molar-refractivity contribution in [3.63, 3.8) is 0 Å². The summed E-state index contributed by atoms with van der Waals surface area (Å²) in [7, 11) is -3.52. The number of carbonyl (C=O) groups excluding carboxylic acids is 2. The number of amides is 3. The van der Waals surface area contributed by atoms with Gasteiger partial charge in [-0.3, -0.25) is 10.1 Å². The average molecular weight is 442 g/mol. The van der Waals surface area contributed by atoms with Crippen LogP contribution < -0.4 is 14.8 Å². The van der Waals surface area contributed by atoms with Crippen LogP contribution >= 0.6 is 0 Å². The van der Waals surface area contributed by atoms with Gasteiger partial charge in [0, 0.05) is 12.6 Å². The van der Waals surface area contributed by atoms with Crippen LogP contribution in [-0.2, 0) is 14.8 Å². The lowest BCUT2D eigenvalue weighted by molar-refractivity contribution is -0.118. The topological polar surface area (TPSA) is 105 Å². The number of unbranched alkanes of at least 4 members (excludes halogenated alkanes) is 2. The van der Waals surface area contributed by atoms with Gasteiger partial charge in [0.1, 0.15) is 6.54 Å². The first kappa shape index (κ1) is 22.5. The molecule has 166 valence electrons. The molecule has 1 aliphatic heterocycles. The van der Waals surface area contributed by atoms with Crippen LogP contribution in [0.1, 0.15) is 50.6 Å². The van der Waals surface area contributed by atoms with Crippen LogP contribution in [0.4, 0.5) is 9.18 Å². The lowest BCUT2D eigenvalue weighted by atomic mass is 10.1. The van der Waals surface area contributed by atoms with Gasteiger partial charge in [0.05, 0.1) is 12.4 Å². The zero-order valence-corrected chi connectivity index (χ0v) is 17.8. The van der Waals surface area contributed by atoms with E-state index in [0.29, 0.717) is 43.9 Å². The third-order valence-corrected chi connectivity index (χ3v) is 6.73. The molecule has 1 aromatic rings. The smallest absolute Gasteiger partial charge is 0.324 e. The second-order valence-electron chi connectivity index (χ2n) is 7.94. The molecule has 1 heterocycles. The zero-order valence-electron chi connectivity index (χ0n) is 17.0. The summed E-state index contributed by atoms with van der Waals surface area (Å²) in [6.07, 6.45) is 3.86. The molecule has 8 nitrogen and oxygen atoms in total. The summed E-state index contributed by atoms with van der Waals surface area (Å²) in [5.41, 5.74) is 0.635. The normalized spacial score (nSPS) is 17.9. The molecule has 3 amide bonds. The van der Waals surface area contributed by atoms with Gasteiger partial charge in [-0.1, -0.05) is 12.5 Å². The van der Waals surface area contributed by atoms with Crippen LogP contribution in [0.2, 0.25) is 0 Å². The third-order valence-electron chi connectivity index (χ3n) is 5.19. The number of hydrogen-bond donors (Lipinski definition) is 2. The Bertz CT molecular complexity index is 888. The average Bonchev–Trinajstić information content (AvgIpc) is 3.44. The van der Waals surface area contributed by atoms with E-state index in [0.717, 1.165) is 12.8 Å². The van der Waals surface area contributed by atoms with Crippen LogP contribution in [0.5, 0.6) is 5.75 Å². The number of rotatable bonds is 12. The zero-order chi connectivity index (χ0) is 21.7. The number of nitrogens with zero attached hydrogens (tertiary/aromatic N) is 1. The van der Waals surface area contributed by atoms with Crippen molar-refractivity contribution in [3.05, 3.63) is 29.6 Å². The van der Waals surface area contributed by atoms with E-state index in [9.17, 15) is 22.4 Å². The van der Waals surface area contributed by atoms with Gasteiger partial charge in [-0.05, 0) is 56.2 Å². The van der Waals surface area contributed by atoms with Gasteiger partial charge < -0.3 is 9.64 Å². The summed E-state index contributed by atoms with van der Waals surface area (Å²) in [5.74, 6) is -0.181. The number of ether oxygens (including phenoxy) is 1. The number of imide groups is 1. The molecule has 0 aromatic heterocycles. The van der Waals surface area contributed by atoms with Gasteiger partial charge in [0.25, 0.3) is 0 Å². The summed E-state index contributed by atoms with van der Waals surface area (Å²) in [5, 5.41) is 2.20.